The number of esters is 1. The van der Waals surface area contributed by atoms with Gasteiger partial charge in [0.25, 0.3) is 5.91 Å². The third-order valence-corrected chi connectivity index (χ3v) is 3.69. The molecule has 2 aromatic carbocycles. The zero-order valence-electron chi connectivity index (χ0n) is 13.5. The number of hydrogen-bond acceptors (Lipinski definition) is 5. The zero-order chi connectivity index (χ0) is 18.5. The minimum absolute atomic E-state index is 0.00933. The number of amides is 1. The number of ether oxygens (including phenoxy) is 1. The van der Waals surface area contributed by atoms with Gasteiger partial charge in [-0.15, -0.1) is 0 Å². The van der Waals surface area contributed by atoms with Crippen molar-refractivity contribution in [2.45, 2.75) is 12.8 Å². The summed E-state index contributed by atoms with van der Waals surface area (Å²) in [5.74, 6) is -1.50. The molecule has 1 amide bonds. The lowest BCUT2D eigenvalue weighted by Gasteiger charge is -2.07. The number of carbonyl (C=O) groups is 2. The van der Waals surface area contributed by atoms with Crippen LogP contribution in [0.3, 0.4) is 0 Å². The Balaban J connectivity index is 1.45. The number of anilines is 1. The number of oxazole rings is 1. The van der Waals surface area contributed by atoms with Crippen molar-refractivity contribution in [1.82, 2.24) is 4.98 Å². The quantitative estimate of drug-likeness (QED) is 0.663. The van der Waals surface area contributed by atoms with Crippen molar-refractivity contribution in [3.63, 3.8) is 0 Å². The smallest absolute Gasteiger partial charge is 0.306 e. The fraction of sp³-hybridized carbons (Fsp3) is 0.167. The van der Waals surface area contributed by atoms with Crippen LogP contribution in [0.1, 0.15) is 12.3 Å². The predicted octanol–water partition coefficient (Wildman–Crippen LogP) is 3.73. The Morgan fingerprint density at radius 3 is 2.81 bits per heavy atom. The first-order valence-electron chi connectivity index (χ1n) is 7.76. The number of benzene rings is 2. The van der Waals surface area contributed by atoms with E-state index in [4.69, 9.17) is 20.8 Å². The van der Waals surface area contributed by atoms with Crippen LogP contribution in [0.5, 0.6) is 0 Å². The van der Waals surface area contributed by atoms with Crippen LogP contribution in [0.2, 0.25) is 5.02 Å². The van der Waals surface area contributed by atoms with Crippen LogP contribution in [0, 0.1) is 5.82 Å². The van der Waals surface area contributed by atoms with E-state index in [1.165, 1.54) is 12.1 Å². The molecule has 0 saturated carbocycles. The van der Waals surface area contributed by atoms with Crippen molar-refractivity contribution in [2.24, 2.45) is 0 Å². The van der Waals surface area contributed by atoms with Crippen molar-refractivity contribution in [2.75, 3.05) is 11.9 Å². The second kappa shape index (κ2) is 7.97. The number of fused-ring (bicyclic) bond motifs is 1. The van der Waals surface area contributed by atoms with Crippen LogP contribution in [0.15, 0.2) is 46.9 Å². The Morgan fingerprint density at radius 1 is 1.23 bits per heavy atom. The molecule has 6 nitrogen and oxygen atoms in total. The van der Waals surface area contributed by atoms with E-state index in [0.717, 1.165) is 6.07 Å². The Morgan fingerprint density at radius 2 is 2.04 bits per heavy atom. The largest absolute Gasteiger partial charge is 0.456 e. The number of aromatic nitrogens is 1. The van der Waals surface area contributed by atoms with Gasteiger partial charge >= 0.3 is 5.97 Å². The van der Waals surface area contributed by atoms with Crippen LogP contribution >= 0.6 is 11.6 Å². The first-order chi connectivity index (χ1) is 12.5. The predicted molar refractivity (Wildman–Crippen MR) is 93.3 cm³/mol. The average molecular weight is 377 g/mol. The van der Waals surface area contributed by atoms with E-state index in [2.05, 4.69) is 10.3 Å². The molecule has 3 rings (SSSR count). The molecule has 0 unspecified atom stereocenters. The third-order valence-electron chi connectivity index (χ3n) is 3.45. The van der Waals surface area contributed by atoms with Crippen molar-refractivity contribution in [3.8, 4) is 0 Å². The van der Waals surface area contributed by atoms with E-state index in [9.17, 15) is 14.0 Å². The normalized spacial score (nSPS) is 10.7. The molecule has 0 aliphatic rings. The van der Waals surface area contributed by atoms with Crippen LogP contribution in [-0.4, -0.2) is 23.5 Å². The highest BCUT2D eigenvalue weighted by atomic mass is 35.5. The highest BCUT2D eigenvalue weighted by Gasteiger charge is 2.12. The van der Waals surface area contributed by atoms with E-state index in [1.807, 2.05) is 12.1 Å². The maximum absolute atomic E-state index is 13.6. The Labute approximate surface area is 152 Å². The Bertz CT molecular complexity index is 924. The molecule has 0 atom stereocenters. The topological polar surface area (TPSA) is 81.4 Å². The van der Waals surface area contributed by atoms with Crippen LogP contribution in [0.25, 0.3) is 11.1 Å². The molecule has 1 heterocycles. The first-order valence-corrected chi connectivity index (χ1v) is 8.14. The van der Waals surface area contributed by atoms with E-state index in [0.29, 0.717) is 17.0 Å². The first kappa shape index (κ1) is 17.9. The van der Waals surface area contributed by atoms with Crippen molar-refractivity contribution in [3.05, 3.63) is 59.2 Å². The van der Waals surface area contributed by atoms with Gasteiger partial charge in [-0.2, -0.15) is 0 Å². The molecular formula is C18H14ClFN2O4. The standard InChI is InChI=1S/C18H14ClFN2O4/c19-11-5-6-13(12(20)9-11)21-16(23)10-25-18(24)8-7-17-22-14-3-1-2-4-15(14)26-17/h1-6,9H,7-8,10H2,(H,21,23). The summed E-state index contributed by atoms with van der Waals surface area (Å²) in [5.41, 5.74) is 1.31. The summed E-state index contributed by atoms with van der Waals surface area (Å²) < 4.78 is 23.9. The molecule has 0 radical (unpaired) electrons. The summed E-state index contributed by atoms with van der Waals surface area (Å²) in [6, 6.07) is 11.1. The highest BCUT2D eigenvalue weighted by Crippen LogP contribution is 2.19. The van der Waals surface area contributed by atoms with Gasteiger partial charge in [0.05, 0.1) is 12.1 Å². The second-order valence-electron chi connectivity index (χ2n) is 5.41. The van der Waals surface area contributed by atoms with E-state index < -0.39 is 24.3 Å². The van der Waals surface area contributed by atoms with Crippen molar-refractivity contribution < 1.29 is 23.1 Å². The highest BCUT2D eigenvalue weighted by molar-refractivity contribution is 6.30. The molecule has 1 N–H and O–H groups in total. The van der Waals surface area contributed by atoms with Crippen LogP contribution < -0.4 is 5.32 Å². The molecule has 0 aliphatic carbocycles. The SMILES string of the molecule is O=C(COC(=O)CCc1nc2ccccc2o1)Nc1ccc(Cl)cc1F. The van der Waals surface area contributed by atoms with Gasteiger partial charge in [0.1, 0.15) is 11.3 Å². The van der Waals surface area contributed by atoms with Gasteiger partial charge < -0.3 is 14.5 Å². The molecule has 0 saturated heterocycles. The fourth-order valence-electron chi connectivity index (χ4n) is 2.23. The lowest BCUT2D eigenvalue weighted by molar-refractivity contribution is -0.147. The van der Waals surface area contributed by atoms with Gasteiger partial charge in [-0.25, -0.2) is 9.37 Å². The number of rotatable bonds is 6. The number of nitrogens with one attached hydrogen (secondary N) is 1. The summed E-state index contributed by atoms with van der Waals surface area (Å²) in [7, 11) is 0. The van der Waals surface area contributed by atoms with E-state index in [1.54, 1.807) is 12.1 Å². The summed E-state index contributed by atoms with van der Waals surface area (Å²) in [6.45, 7) is -0.519. The molecule has 0 spiro atoms. The zero-order valence-corrected chi connectivity index (χ0v) is 14.3. The van der Waals surface area contributed by atoms with Gasteiger partial charge in [-0.05, 0) is 30.3 Å². The minimum atomic E-state index is -0.673. The summed E-state index contributed by atoms with van der Waals surface area (Å²) >= 11 is 5.63. The molecule has 134 valence electrons. The molecule has 0 bridgehead atoms. The molecule has 0 aliphatic heterocycles. The molecule has 8 heteroatoms. The second-order valence-corrected chi connectivity index (χ2v) is 5.84. The van der Waals surface area contributed by atoms with E-state index >= 15 is 0 Å². The van der Waals surface area contributed by atoms with Gasteiger partial charge in [0, 0.05) is 11.4 Å². The summed E-state index contributed by atoms with van der Waals surface area (Å²) in [5, 5.41) is 2.52. The van der Waals surface area contributed by atoms with E-state index in [-0.39, 0.29) is 23.6 Å². The van der Waals surface area contributed by atoms with Gasteiger partial charge in [-0.3, -0.25) is 9.59 Å². The number of hydrogen-bond donors (Lipinski definition) is 1. The average Bonchev–Trinajstić information content (AvgIpc) is 3.03. The third kappa shape index (κ3) is 4.58. The Kier molecular flexibility index (Phi) is 5.48. The monoisotopic (exact) mass is 376 g/mol. The summed E-state index contributed by atoms with van der Waals surface area (Å²) in [4.78, 5) is 27.7. The minimum Gasteiger partial charge on any atom is -0.456 e. The van der Waals surface area contributed by atoms with Crippen molar-refractivity contribution >= 4 is 40.3 Å². The maximum atomic E-state index is 13.6. The number of carbonyl (C=O) groups excluding carboxylic acids is 2. The van der Waals surface area contributed by atoms with Crippen LogP contribution in [-0.2, 0) is 20.7 Å². The molecule has 1 aromatic heterocycles. The number of nitrogens with zero attached hydrogens (tertiary/aromatic N) is 1. The lowest BCUT2D eigenvalue weighted by atomic mass is 10.3. The number of aryl methyl sites for hydroxylation is 1. The van der Waals surface area contributed by atoms with Crippen molar-refractivity contribution in [1.29, 1.82) is 0 Å². The summed E-state index contributed by atoms with van der Waals surface area (Å²) in [6.07, 6.45) is 0.260. The Hall–Kier alpha value is -2.93. The lowest BCUT2D eigenvalue weighted by Crippen LogP contribution is -2.21. The molecule has 3 aromatic rings. The maximum Gasteiger partial charge on any atom is 0.306 e. The number of halogens is 2. The number of para-hydroxylation sites is 2. The van der Waals surface area contributed by atoms with Gasteiger partial charge in [0.2, 0.25) is 0 Å². The van der Waals surface area contributed by atoms with Crippen LogP contribution in [0.4, 0.5) is 10.1 Å². The molecular weight excluding hydrogens is 363 g/mol. The van der Waals surface area contributed by atoms with Gasteiger partial charge in [-0.1, -0.05) is 23.7 Å². The molecule has 0 fully saturated rings. The van der Waals surface area contributed by atoms with Gasteiger partial charge in [0.15, 0.2) is 18.1 Å². The fourth-order valence-corrected chi connectivity index (χ4v) is 2.39. The molecule has 26 heavy (non-hydrogen) atoms.